The second-order valence-electron chi connectivity index (χ2n) is 7.06. The van der Waals surface area contributed by atoms with Gasteiger partial charge in [-0.2, -0.15) is 4.98 Å². The maximum absolute atomic E-state index is 13.1. The summed E-state index contributed by atoms with van der Waals surface area (Å²) in [5.74, 6) is 1.32. The summed E-state index contributed by atoms with van der Waals surface area (Å²) in [5, 5.41) is 3.41. The van der Waals surface area contributed by atoms with Crippen molar-refractivity contribution < 1.29 is 4.39 Å². The number of aryl methyl sites for hydroxylation is 1. The van der Waals surface area contributed by atoms with Crippen molar-refractivity contribution >= 4 is 23.1 Å². The number of nitrogens with one attached hydrogen (secondary N) is 1. The van der Waals surface area contributed by atoms with E-state index in [9.17, 15) is 4.39 Å². The van der Waals surface area contributed by atoms with Crippen LogP contribution < -0.4 is 15.1 Å². The number of benzene rings is 2. The molecule has 3 aromatic rings. The minimum absolute atomic E-state index is 0.205. The third-order valence-corrected chi connectivity index (χ3v) is 5.26. The molecule has 2 heterocycles. The van der Waals surface area contributed by atoms with Crippen molar-refractivity contribution in [2.24, 2.45) is 0 Å². The molecule has 0 spiro atoms. The Morgan fingerprint density at radius 3 is 2.36 bits per heavy atom. The number of halogens is 1. The van der Waals surface area contributed by atoms with E-state index in [-0.39, 0.29) is 5.82 Å². The fourth-order valence-electron chi connectivity index (χ4n) is 3.41. The summed E-state index contributed by atoms with van der Waals surface area (Å²) in [7, 11) is 0. The maximum Gasteiger partial charge on any atom is 0.227 e. The zero-order valence-electron chi connectivity index (χ0n) is 16.2. The van der Waals surface area contributed by atoms with Gasteiger partial charge in [0.05, 0.1) is 0 Å². The van der Waals surface area contributed by atoms with E-state index in [4.69, 9.17) is 4.98 Å². The Labute approximate surface area is 164 Å². The van der Waals surface area contributed by atoms with Crippen molar-refractivity contribution in [3.63, 3.8) is 0 Å². The molecule has 2 aromatic carbocycles. The molecule has 0 amide bonds. The number of hydrogen-bond donors (Lipinski definition) is 1. The molecule has 0 saturated carbocycles. The van der Waals surface area contributed by atoms with E-state index in [1.54, 1.807) is 6.20 Å². The summed E-state index contributed by atoms with van der Waals surface area (Å²) in [6, 6.07) is 14.8. The van der Waals surface area contributed by atoms with Gasteiger partial charge >= 0.3 is 0 Å². The van der Waals surface area contributed by atoms with Gasteiger partial charge in [0.1, 0.15) is 11.6 Å². The Bertz CT molecular complexity index is 949. The summed E-state index contributed by atoms with van der Waals surface area (Å²) in [6.07, 6.45) is 1.79. The predicted molar refractivity (Wildman–Crippen MR) is 112 cm³/mol. The third-order valence-electron chi connectivity index (χ3n) is 5.26. The van der Waals surface area contributed by atoms with E-state index in [0.717, 1.165) is 49.3 Å². The quantitative estimate of drug-likeness (QED) is 0.734. The largest absolute Gasteiger partial charge is 0.368 e. The molecule has 1 N–H and O–H groups in total. The van der Waals surface area contributed by atoms with Crippen LogP contribution in [0.4, 0.5) is 27.5 Å². The topological polar surface area (TPSA) is 44.3 Å². The van der Waals surface area contributed by atoms with Gasteiger partial charge in [0.2, 0.25) is 5.95 Å². The maximum atomic E-state index is 13.1. The number of hydrogen-bond acceptors (Lipinski definition) is 5. The highest BCUT2D eigenvalue weighted by atomic mass is 19.1. The van der Waals surface area contributed by atoms with E-state index < -0.39 is 0 Å². The molecule has 1 aromatic heterocycles. The number of anilines is 4. The summed E-state index contributed by atoms with van der Waals surface area (Å²) >= 11 is 0. The van der Waals surface area contributed by atoms with Crippen LogP contribution in [0.3, 0.4) is 0 Å². The molecule has 1 fully saturated rings. The monoisotopic (exact) mass is 377 g/mol. The minimum atomic E-state index is -0.205. The fourth-order valence-corrected chi connectivity index (χ4v) is 3.41. The molecule has 1 aliphatic heterocycles. The fraction of sp³-hybridized carbons (Fsp3) is 0.273. The average Bonchev–Trinajstić information content (AvgIpc) is 2.72. The van der Waals surface area contributed by atoms with Crippen molar-refractivity contribution in [2.45, 2.75) is 13.8 Å². The first-order chi connectivity index (χ1) is 13.6. The van der Waals surface area contributed by atoms with Crippen LogP contribution in [-0.2, 0) is 0 Å². The van der Waals surface area contributed by atoms with Crippen LogP contribution in [-0.4, -0.2) is 36.1 Å². The summed E-state index contributed by atoms with van der Waals surface area (Å²) in [6.45, 7) is 7.56. The Morgan fingerprint density at radius 1 is 0.893 bits per heavy atom. The van der Waals surface area contributed by atoms with Gasteiger partial charge in [-0.15, -0.1) is 0 Å². The van der Waals surface area contributed by atoms with Crippen molar-refractivity contribution in [1.29, 1.82) is 0 Å². The molecule has 0 atom stereocenters. The van der Waals surface area contributed by atoms with Crippen LogP contribution in [0.15, 0.2) is 54.7 Å². The van der Waals surface area contributed by atoms with Gasteiger partial charge in [-0.05, 0) is 61.4 Å². The Balaban J connectivity index is 1.44. The molecule has 28 heavy (non-hydrogen) atoms. The van der Waals surface area contributed by atoms with E-state index in [1.807, 2.05) is 24.3 Å². The SMILES string of the molecule is Cc1cccc(Nc2ccnc(N3CCN(c4ccc(F)cc4)CC3)n2)c1C. The van der Waals surface area contributed by atoms with Gasteiger partial charge in [-0.3, -0.25) is 0 Å². The minimum Gasteiger partial charge on any atom is -0.368 e. The van der Waals surface area contributed by atoms with Gasteiger partial charge in [-0.25, -0.2) is 9.37 Å². The summed E-state index contributed by atoms with van der Waals surface area (Å²) in [5.41, 5.74) is 4.57. The van der Waals surface area contributed by atoms with Crippen LogP contribution in [0.25, 0.3) is 0 Å². The van der Waals surface area contributed by atoms with Crippen molar-refractivity contribution in [1.82, 2.24) is 9.97 Å². The molecule has 5 nitrogen and oxygen atoms in total. The lowest BCUT2D eigenvalue weighted by Gasteiger charge is -2.36. The zero-order chi connectivity index (χ0) is 19.5. The number of rotatable bonds is 4. The lowest BCUT2D eigenvalue weighted by Crippen LogP contribution is -2.47. The Kier molecular flexibility index (Phi) is 5.10. The Hall–Kier alpha value is -3.15. The van der Waals surface area contributed by atoms with Crippen molar-refractivity contribution in [3.05, 3.63) is 71.7 Å². The van der Waals surface area contributed by atoms with E-state index in [1.165, 1.54) is 23.3 Å². The van der Waals surface area contributed by atoms with Crippen molar-refractivity contribution in [3.8, 4) is 0 Å². The molecule has 0 radical (unpaired) electrons. The smallest absolute Gasteiger partial charge is 0.227 e. The average molecular weight is 377 g/mol. The molecule has 1 aliphatic rings. The van der Waals surface area contributed by atoms with E-state index in [2.05, 4.69) is 46.1 Å². The molecule has 0 aliphatic carbocycles. The standard InChI is InChI=1S/C22H24FN5/c1-16-4-3-5-20(17(16)2)25-21-10-11-24-22(26-21)28-14-12-27(13-15-28)19-8-6-18(23)7-9-19/h3-11H,12-15H2,1-2H3,(H,24,25,26). The van der Waals surface area contributed by atoms with Gasteiger partial charge in [0.15, 0.2) is 0 Å². The van der Waals surface area contributed by atoms with Crippen molar-refractivity contribution in [2.75, 3.05) is 41.3 Å². The molecule has 4 rings (SSSR count). The molecular weight excluding hydrogens is 353 g/mol. The number of aromatic nitrogens is 2. The van der Waals surface area contributed by atoms with Gasteiger partial charge < -0.3 is 15.1 Å². The van der Waals surface area contributed by atoms with Gasteiger partial charge in [-0.1, -0.05) is 12.1 Å². The molecule has 0 bridgehead atoms. The van der Waals surface area contributed by atoms with Crippen LogP contribution >= 0.6 is 0 Å². The van der Waals surface area contributed by atoms with Crippen LogP contribution in [0.2, 0.25) is 0 Å². The normalized spacial score (nSPS) is 14.2. The first-order valence-corrected chi connectivity index (χ1v) is 9.52. The Morgan fingerprint density at radius 2 is 1.61 bits per heavy atom. The third kappa shape index (κ3) is 3.91. The summed E-state index contributed by atoms with van der Waals surface area (Å²) < 4.78 is 13.1. The van der Waals surface area contributed by atoms with Crippen LogP contribution in [0.5, 0.6) is 0 Å². The molecular formula is C22H24FN5. The highest BCUT2D eigenvalue weighted by molar-refractivity contribution is 5.62. The lowest BCUT2D eigenvalue weighted by molar-refractivity contribution is 0.623. The molecule has 6 heteroatoms. The second-order valence-corrected chi connectivity index (χ2v) is 7.06. The van der Waals surface area contributed by atoms with Crippen LogP contribution in [0, 0.1) is 19.7 Å². The molecule has 144 valence electrons. The number of nitrogens with zero attached hydrogens (tertiary/aromatic N) is 4. The second kappa shape index (κ2) is 7.84. The number of piperazine rings is 1. The lowest BCUT2D eigenvalue weighted by atomic mass is 10.1. The summed E-state index contributed by atoms with van der Waals surface area (Å²) in [4.78, 5) is 13.6. The van der Waals surface area contributed by atoms with E-state index in [0.29, 0.717) is 0 Å². The highest BCUT2D eigenvalue weighted by Crippen LogP contribution is 2.23. The first kappa shape index (κ1) is 18.2. The molecule has 0 unspecified atom stereocenters. The van der Waals surface area contributed by atoms with E-state index >= 15 is 0 Å². The first-order valence-electron chi connectivity index (χ1n) is 9.52. The van der Waals surface area contributed by atoms with Crippen LogP contribution in [0.1, 0.15) is 11.1 Å². The highest BCUT2D eigenvalue weighted by Gasteiger charge is 2.19. The zero-order valence-corrected chi connectivity index (χ0v) is 16.2. The molecule has 1 saturated heterocycles. The van der Waals surface area contributed by atoms with Gasteiger partial charge in [0.25, 0.3) is 0 Å². The van der Waals surface area contributed by atoms with Gasteiger partial charge in [0, 0.05) is 43.8 Å². The predicted octanol–water partition coefficient (Wildman–Crippen LogP) is 4.30.